The number of aromatic hydroxyl groups is 1. The molecule has 0 saturated carbocycles. The molecule has 1 aromatic rings. The van der Waals surface area contributed by atoms with Gasteiger partial charge in [-0.2, -0.15) is 0 Å². The summed E-state index contributed by atoms with van der Waals surface area (Å²) in [6.45, 7) is 9.57. The normalized spacial score (nSPS) is 17.9. The van der Waals surface area contributed by atoms with E-state index in [1.807, 2.05) is 6.07 Å². The topological polar surface area (TPSA) is 35.9 Å². The van der Waals surface area contributed by atoms with Gasteiger partial charge in [0.05, 0.1) is 7.11 Å². The highest BCUT2D eigenvalue weighted by molar-refractivity contribution is 5.39. The molecule has 1 aliphatic heterocycles. The van der Waals surface area contributed by atoms with E-state index in [-0.39, 0.29) is 0 Å². The number of phenolic OH excluding ortho intramolecular Hbond substituents is 1. The minimum absolute atomic E-state index is 0.354. The third-order valence-corrected chi connectivity index (χ3v) is 3.82. The van der Waals surface area contributed by atoms with Gasteiger partial charge >= 0.3 is 0 Å². The summed E-state index contributed by atoms with van der Waals surface area (Å²) in [6, 6.07) is 6.03. The van der Waals surface area contributed by atoms with Crippen LogP contribution in [-0.4, -0.2) is 54.2 Å². The second-order valence-electron chi connectivity index (χ2n) is 5.40. The number of nitrogens with zero attached hydrogens (tertiary/aromatic N) is 2. The maximum atomic E-state index is 9.91. The molecule has 1 saturated heterocycles. The molecular weight excluding hydrogens is 240 g/mol. The van der Waals surface area contributed by atoms with Crippen molar-refractivity contribution in [2.24, 2.45) is 0 Å². The van der Waals surface area contributed by atoms with Crippen LogP contribution in [0.5, 0.6) is 11.5 Å². The average Bonchev–Trinajstić information content (AvgIpc) is 2.42. The van der Waals surface area contributed by atoms with E-state index in [1.165, 1.54) is 0 Å². The fraction of sp³-hybridized carbons (Fsp3) is 0.600. The Morgan fingerprint density at radius 3 is 2.47 bits per heavy atom. The summed E-state index contributed by atoms with van der Waals surface area (Å²) in [5.41, 5.74) is 0.942. The van der Waals surface area contributed by atoms with Gasteiger partial charge in [-0.3, -0.25) is 9.80 Å². The number of rotatable bonds is 4. The summed E-state index contributed by atoms with van der Waals surface area (Å²) >= 11 is 0. The molecule has 106 valence electrons. The van der Waals surface area contributed by atoms with Crippen molar-refractivity contribution in [3.63, 3.8) is 0 Å². The second kappa shape index (κ2) is 6.26. The number of ether oxygens (including phenoxy) is 1. The predicted octanol–water partition coefficient (Wildman–Crippen LogP) is 1.93. The Hall–Kier alpha value is -1.26. The van der Waals surface area contributed by atoms with Crippen LogP contribution in [0.1, 0.15) is 19.4 Å². The van der Waals surface area contributed by atoms with Crippen LogP contribution in [0.25, 0.3) is 0 Å². The quantitative estimate of drug-likeness (QED) is 0.901. The molecule has 0 spiro atoms. The van der Waals surface area contributed by atoms with Gasteiger partial charge in [-0.05, 0) is 32.0 Å². The van der Waals surface area contributed by atoms with E-state index in [1.54, 1.807) is 19.2 Å². The third kappa shape index (κ3) is 3.61. The maximum absolute atomic E-state index is 9.91. The molecule has 1 N–H and O–H groups in total. The van der Waals surface area contributed by atoms with E-state index in [2.05, 4.69) is 23.6 Å². The molecule has 4 nitrogen and oxygen atoms in total. The van der Waals surface area contributed by atoms with Gasteiger partial charge in [-0.15, -0.1) is 0 Å². The zero-order valence-electron chi connectivity index (χ0n) is 12.1. The molecule has 0 aromatic heterocycles. The van der Waals surface area contributed by atoms with Crippen LogP contribution < -0.4 is 4.74 Å². The van der Waals surface area contributed by atoms with Crippen molar-refractivity contribution in [3.8, 4) is 11.5 Å². The largest absolute Gasteiger partial charge is 0.508 e. The Morgan fingerprint density at radius 2 is 1.89 bits per heavy atom. The Morgan fingerprint density at radius 1 is 1.21 bits per heavy atom. The zero-order chi connectivity index (χ0) is 13.8. The van der Waals surface area contributed by atoms with Crippen LogP contribution in [-0.2, 0) is 6.54 Å². The van der Waals surface area contributed by atoms with Crippen molar-refractivity contribution < 1.29 is 9.84 Å². The van der Waals surface area contributed by atoms with Crippen molar-refractivity contribution >= 4 is 0 Å². The molecule has 0 amide bonds. The van der Waals surface area contributed by atoms with Crippen LogP contribution in [0.3, 0.4) is 0 Å². The van der Waals surface area contributed by atoms with E-state index >= 15 is 0 Å². The first-order valence-corrected chi connectivity index (χ1v) is 6.92. The molecule has 19 heavy (non-hydrogen) atoms. The molecule has 1 fully saturated rings. The number of hydrogen-bond donors (Lipinski definition) is 1. The SMILES string of the molecule is COc1ccc(O)c(CN2CCN(C(C)C)CC2)c1. The monoisotopic (exact) mass is 264 g/mol. The summed E-state index contributed by atoms with van der Waals surface area (Å²) in [5.74, 6) is 1.15. The Bertz CT molecular complexity index is 413. The van der Waals surface area contributed by atoms with Gasteiger partial charge in [0, 0.05) is 44.3 Å². The number of piperazine rings is 1. The molecule has 0 unspecified atom stereocenters. The Labute approximate surface area is 115 Å². The molecule has 0 atom stereocenters. The number of benzene rings is 1. The second-order valence-corrected chi connectivity index (χ2v) is 5.40. The van der Waals surface area contributed by atoms with Crippen LogP contribution >= 0.6 is 0 Å². The lowest BCUT2D eigenvalue weighted by Gasteiger charge is -2.37. The van der Waals surface area contributed by atoms with Crippen molar-refractivity contribution in [2.75, 3.05) is 33.3 Å². The smallest absolute Gasteiger partial charge is 0.120 e. The van der Waals surface area contributed by atoms with Gasteiger partial charge < -0.3 is 9.84 Å². The fourth-order valence-electron chi connectivity index (χ4n) is 2.49. The first-order chi connectivity index (χ1) is 9.10. The number of phenols is 1. The van der Waals surface area contributed by atoms with Gasteiger partial charge in [0.2, 0.25) is 0 Å². The molecule has 1 aliphatic rings. The van der Waals surface area contributed by atoms with Crippen molar-refractivity contribution in [2.45, 2.75) is 26.4 Å². The Kier molecular flexibility index (Phi) is 4.66. The average molecular weight is 264 g/mol. The van der Waals surface area contributed by atoms with Crippen molar-refractivity contribution in [1.82, 2.24) is 9.80 Å². The molecule has 0 radical (unpaired) electrons. The van der Waals surface area contributed by atoms with Gasteiger partial charge in [-0.1, -0.05) is 0 Å². The fourth-order valence-corrected chi connectivity index (χ4v) is 2.49. The Balaban J connectivity index is 1.95. The first-order valence-electron chi connectivity index (χ1n) is 6.92. The van der Waals surface area contributed by atoms with Gasteiger partial charge in [0.25, 0.3) is 0 Å². The lowest BCUT2D eigenvalue weighted by molar-refractivity contribution is 0.103. The molecule has 0 aliphatic carbocycles. The number of methoxy groups -OCH3 is 1. The van der Waals surface area contributed by atoms with E-state index in [9.17, 15) is 5.11 Å². The van der Waals surface area contributed by atoms with Gasteiger partial charge in [0.1, 0.15) is 11.5 Å². The van der Waals surface area contributed by atoms with Gasteiger partial charge in [-0.25, -0.2) is 0 Å². The summed E-state index contributed by atoms with van der Waals surface area (Å²) < 4.78 is 5.21. The van der Waals surface area contributed by atoms with Crippen LogP contribution in [0.4, 0.5) is 0 Å². The van der Waals surface area contributed by atoms with E-state index in [0.29, 0.717) is 11.8 Å². The summed E-state index contributed by atoms with van der Waals surface area (Å²) in [5, 5.41) is 9.91. The molecule has 4 heteroatoms. The van der Waals surface area contributed by atoms with E-state index in [0.717, 1.165) is 44.0 Å². The summed E-state index contributed by atoms with van der Waals surface area (Å²) in [7, 11) is 1.65. The summed E-state index contributed by atoms with van der Waals surface area (Å²) in [6.07, 6.45) is 0. The van der Waals surface area contributed by atoms with Crippen molar-refractivity contribution in [3.05, 3.63) is 23.8 Å². The number of hydrogen-bond acceptors (Lipinski definition) is 4. The van der Waals surface area contributed by atoms with Crippen LogP contribution in [0, 0.1) is 0 Å². The zero-order valence-corrected chi connectivity index (χ0v) is 12.1. The molecule has 0 bridgehead atoms. The van der Waals surface area contributed by atoms with Crippen LogP contribution in [0.15, 0.2) is 18.2 Å². The highest BCUT2D eigenvalue weighted by Crippen LogP contribution is 2.24. The lowest BCUT2D eigenvalue weighted by Crippen LogP contribution is -2.48. The molecule has 2 rings (SSSR count). The predicted molar refractivity (Wildman–Crippen MR) is 76.6 cm³/mol. The minimum Gasteiger partial charge on any atom is -0.508 e. The first kappa shape index (κ1) is 14.2. The molecular formula is C15H24N2O2. The maximum Gasteiger partial charge on any atom is 0.120 e. The van der Waals surface area contributed by atoms with E-state index < -0.39 is 0 Å². The minimum atomic E-state index is 0.354. The highest BCUT2D eigenvalue weighted by Gasteiger charge is 2.19. The molecule has 1 heterocycles. The third-order valence-electron chi connectivity index (χ3n) is 3.82. The van der Waals surface area contributed by atoms with Gasteiger partial charge in [0.15, 0.2) is 0 Å². The lowest BCUT2D eigenvalue weighted by atomic mass is 10.1. The highest BCUT2D eigenvalue weighted by atomic mass is 16.5. The standard InChI is InChI=1S/C15H24N2O2/c1-12(2)17-8-6-16(7-9-17)11-13-10-14(19-3)4-5-15(13)18/h4-5,10,12,18H,6-9,11H2,1-3H3. The van der Waals surface area contributed by atoms with Crippen LogP contribution in [0.2, 0.25) is 0 Å². The molecule has 1 aromatic carbocycles. The van der Waals surface area contributed by atoms with Crippen molar-refractivity contribution in [1.29, 1.82) is 0 Å². The summed E-state index contributed by atoms with van der Waals surface area (Å²) in [4.78, 5) is 4.87. The van der Waals surface area contributed by atoms with E-state index in [4.69, 9.17) is 4.74 Å².